The second kappa shape index (κ2) is 8.53. The summed E-state index contributed by atoms with van der Waals surface area (Å²) in [7, 11) is -3.57. The van der Waals surface area contributed by atoms with E-state index in [4.69, 9.17) is 0 Å². The van der Waals surface area contributed by atoms with Gasteiger partial charge < -0.3 is 5.32 Å². The first-order valence-corrected chi connectivity index (χ1v) is 11.3. The molecule has 2 N–H and O–H groups in total. The fourth-order valence-electron chi connectivity index (χ4n) is 3.15. The zero-order valence-corrected chi connectivity index (χ0v) is 19.1. The van der Waals surface area contributed by atoms with Crippen LogP contribution < -0.4 is 10.0 Å². The highest BCUT2D eigenvalue weighted by molar-refractivity contribution is 7.89. The Balaban J connectivity index is 1.59. The molecule has 2 heterocycles. The van der Waals surface area contributed by atoms with E-state index in [2.05, 4.69) is 25.3 Å². The molecule has 0 unspecified atom stereocenters. The van der Waals surface area contributed by atoms with Crippen LogP contribution in [-0.2, 0) is 10.0 Å². The Morgan fingerprint density at radius 1 is 0.900 bits per heavy atom. The number of nitrogens with one attached hydrogen (secondary N) is 2. The minimum Gasteiger partial charge on any atom is -0.367 e. The molecule has 0 aliphatic carbocycles. The van der Waals surface area contributed by atoms with Crippen LogP contribution in [0.15, 0.2) is 29.2 Å². The molecule has 8 nitrogen and oxygen atoms in total. The van der Waals surface area contributed by atoms with Crippen LogP contribution in [-0.4, -0.2) is 41.5 Å². The Morgan fingerprint density at radius 3 is 2.20 bits per heavy atom. The van der Waals surface area contributed by atoms with Gasteiger partial charge >= 0.3 is 0 Å². The molecule has 160 valence electrons. The normalized spacial score (nSPS) is 11.7. The number of benzene rings is 1. The molecule has 0 bridgehead atoms. The number of anilines is 1. The van der Waals surface area contributed by atoms with Crippen molar-refractivity contribution in [2.24, 2.45) is 0 Å². The monoisotopic (exact) mass is 428 g/mol. The molecule has 0 radical (unpaired) electrons. The van der Waals surface area contributed by atoms with E-state index in [9.17, 15) is 8.42 Å². The molecule has 2 aromatic heterocycles. The highest BCUT2D eigenvalue weighted by atomic mass is 32.2. The van der Waals surface area contributed by atoms with Crippen molar-refractivity contribution in [3.05, 3.63) is 57.9 Å². The fraction of sp³-hybridized carbons (Fsp3) is 0.381. The summed E-state index contributed by atoms with van der Waals surface area (Å²) in [5, 5.41) is 15.9. The Bertz CT molecular complexity index is 1170. The van der Waals surface area contributed by atoms with E-state index in [0.29, 0.717) is 23.1 Å². The number of aromatic nitrogens is 4. The highest BCUT2D eigenvalue weighted by Gasteiger charge is 2.17. The minimum atomic E-state index is -3.57. The van der Waals surface area contributed by atoms with Crippen LogP contribution in [0, 0.1) is 41.5 Å². The molecule has 0 aliphatic rings. The molecule has 0 spiro atoms. The smallest absolute Gasteiger partial charge is 0.240 e. The van der Waals surface area contributed by atoms with Gasteiger partial charge in [-0.05, 0) is 82.0 Å². The number of nitrogens with zero attached hydrogens (tertiary/aromatic N) is 4. The van der Waals surface area contributed by atoms with Gasteiger partial charge in [-0.25, -0.2) is 17.8 Å². The standard InChI is InChI=1S/C21H28N6O2S/c1-13-11-15(3)19(12-14(13)2)30(28,29)23-10-9-22-20-7-8-21(25-24-20)27-18(6)16(4)17(5)26-27/h7-8,11-12,23H,9-10H2,1-6H3,(H,22,24). The van der Waals surface area contributed by atoms with Crippen molar-refractivity contribution in [2.75, 3.05) is 18.4 Å². The lowest BCUT2D eigenvalue weighted by Crippen LogP contribution is -2.29. The number of sulfonamides is 1. The van der Waals surface area contributed by atoms with E-state index >= 15 is 0 Å². The summed E-state index contributed by atoms with van der Waals surface area (Å²) in [6, 6.07) is 7.24. The van der Waals surface area contributed by atoms with Gasteiger partial charge in [0, 0.05) is 18.8 Å². The average molecular weight is 429 g/mol. The Labute approximate surface area is 177 Å². The Kier molecular flexibility index (Phi) is 6.23. The maximum absolute atomic E-state index is 12.6. The molecule has 1 aromatic carbocycles. The lowest BCUT2D eigenvalue weighted by atomic mass is 10.1. The number of hydrogen-bond donors (Lipinski definition) is 2. The van der Waals surface area contributed by atoms with Gasteiger partial charge in [-0.2, -0.15) is 5.10 Å². The van der Waals surface area contributed by atoms with Crippen molar-refractivity contribution >= 4 is 15.8 Å². The van der Waals surface area contributed by atoms with E-state index < -0.39 is 10.0 Å². The molecule has 0 saturated heterocycles. The maximum atomic E-state index is 12.6. The predicted molar refractivity (Wildman–Crippen MR) is 118 cm³/mol. The molecule has 9 heteroatoms. The van der Waals surface area contributed by atoms with Crippen molar-refractivity contribution in [3.63, 3.8) is 0 Å². The molecule has 30 heavy (non-hydrogen) atoms. The van der Waals surface area contributed by atoms with Crippen molar-refractivity contribution in [1.29, 1.82) is 0 Å². The third-order valence-electron chi connectivity index (χ3n) is 5.32. The summed E-state index contributed by atoms with van der Waals surface area (Å²) >= 11 is 0. The summed E-state index contributed by atoms with van der Waals surface area (Å²) in [6.45, 7) is 12.3. The summed E-state index contributed by atoms with van der Waals surface area (Å²) in [5.41, 5.74) is 5.88. The Morgan fingerprint density at radius 2 is 1.60 bits per heavy atom. The van der Waals surface area contributed by atoms with E-state index in [1.165, 1.54) is 0 Å². The van der Waals surface area contributed by atoms with E-state index in [1.54, 1.807) is 23.7 Å². The third kappa shape index (κ3) is 4.52. The van der Waals surface area contributed by atoms with Gasteiger partial charge in [0.25, 0.3) is 0 Å². The van der Waals surface area contributed by atoms with Crippen LogP contribution in [0.2, 0.25) is 0 Å². The van der Waals surface area contributed by atoms with E-state index in [0.717, 1.165) is 33.6 Å². The van der Waals surface area contributed by atoms with E-state index in [1.807, 2.05) is 46.8 Å². The van der Waals surface area contributed by atoms with Crippen molar-refractivity contribution in [1.82, 2.24) is 24.7 Å². The van der Waals surface area contributed by atoms with Crippen LogP contribution in [0.5, 0.6) is 0 Å². The second-order valence-corrected chi connectivity index (χ2v) is 9.25. The summed E-state index contributed by atoms with van der Waals surface area (Å²) in [6.07, 6.45) is 0. The quantitative estimate of drug-likeness (QED) is 0.561. The molecular weight excluding hydrogens is 400 g/mol. The molecule has 0 fully saturated rings. The number of aryl methyl sites for hydroxylation is 4. The largest absolute Gasteiger partial charge is 0.367 e. The first kappa shape index (κ1) is 21.9. The third-order valence-corrected chi connectivity index (χ3v) is 6.93. The lowest BCUT2D eigenvalue weighted by molar-refractivity contribution is 0.582. The van der Waals surface area contributed by atoms with E-state index in [-0.39, 0.29) is 6.54 Å². The van der Waals surface area contributed by atoms with Gasteiger partial charge in [0.15, 0.2) is 5.82 Å². The fourth-order valence-corrected chi connectivity index (χ4v) is 4.49. The number of hydrogen-bond acceptors (Lipinski definition) is 6. The van der Waals surface area contributed by atoms with Crippen LogP contribution in [0.3, 0.4) is 0 Å². The topological polar surface area (TPSA) is 102 Å². The van der Waals surface area contributed by atoms with Gasteiger partial charge in [-0.1, -0.05) is 6.07 Å². The molecule has 0 atom stereocenters. The summed E-state index contributed by atoms with van der Waals surface area (Å²) < 4.78 is 29.6. The number of rotatable bonds is 7. The maximum Gasteiger partial charge on any atom is 0.240 e. The zero-order chi connectivity index (χ0) is 22.1. The molecule has 0 saturated carbocycles. The van der Waals surface area contributed by atoms with Gasteiger partial charge in [-0.15, -0.1) is 10.2 Å². The molecule has 0 amide bonds. The van der Waals surface area contributed by atoms with Crippen LogP contribution in [0.1, 0.15) is 33.6 Å². The molecule has 0 aliphatic heterocycles. The van der Waals surface area contributed by atoms with Crippen molar-refractivity contribution in [2.45, 2.75) is 46.4 Å². The van der Waals surface area contributed by atoms with Crippen LogP contribution in [0.25, 0.3) is 5.82 Å². The van der Waals surface area contributed by atoms with Crippen LogP contribution >= 0.6 is 0 Å². The minimum absolute atomic E-state index is 0.231. The van der Waals surface area contributed by atoms with Crippen molar-refractivity contribution in [3.8, 4) is 5.82 Å². The zero-order valence-electron chi connectivity index (χ0n) is 18.2. The SMILES string of the molecule is Cc1cc(C)c(S(=O)(=O)NCCNc2ccc(-n3nc(C)c(C)c3C)nn2)cc1C. The lowest BCUT2D eigenvalue weighted by Gasteiger charge is -2.12. The average Bonchev–Trinajstić information content (AvgIpc) is 2.96. The molecular formula is C21H28N6O2S. The predicted octanol–water partition coefficient (Wildman–Crippen LogP) is 2.90. The highest BCUT2D eigenvalue weighted by Crippen LogP contribution is 2.20. The molecule has 3 aromatic rings. The first-order valence-electron chi connectivity index (χ1n) is 9.78. The van der Waals surface area contributed by atoms with Crippen molar-refractivity contribution < 1.29 is 8.42 Å². The Hall–Kier alpha value is -2.78. The van der Waals surface area contributed by atoms with Gasteiger partial charge in [-0.3, -0.25) is 0 Å². The van der Waals surface area contributed by atoms with Gasteiger partial charge in [0.1, 0.15) is 5.82 Å². The summed E-state index contributed by atoms with van der Waals surface area (Å²) in [5.74, 6) is 1.21. The van der Waals surface area contributed by atoms with Crippen LogP contribution in [0.4, 0.5) is 5.82 Å². The van der Waals surface area contributed by atoms with Gasteiger partial charge in [0.2, 0.25) is 10.0 Å². The second-order valence-electron chi connectivity index (χ2n) is 7.51. The first-order chi connectivity index (χ1) is 14.1. The van der Waals surface area contributed by atoms with Gasteiger partial charge in [0.05, 0.1) is 10.6 Å². The molecule has 3 rings (SSSR count). The summed E-state index contributed by atoms with van der Waals surface area (Å²) in [4.78, 5) is 0.315.